The molecule has 2 amide bonds. The van der Waals surface area contributed by atoms with Gasteiger partial charge in [0.25, 0.3) is 11.8 Å². The minimum absolute atomic E-state index is 0.00843. The molecule has 0 unspecified atom stereocenters. The standard InChI is InChI=1S/C21H19N3O6/c1-13(30-17-9-7-14-5-3-4-6-15(14)11-17)20(25)22-23-21(26)16-8-10-19(29-2)18(12-16)24(27)28/h3-13H,1-2H3,(H,22,25)(H,23,26)/t13-/m0/s1. The summed E-state index contributed by atoms with van der Waals surface area (Å²) >= 11 is 0. The van der Waals surface area contributed by atoms with Crippen LogP contribution in [0.5, 0.6) is 11.5 Å². The highest BCUT2D eigenvalue weighted by molar-refractivity contribution is 5.96. The topological polar surface area (TPSA) is 120 Å². The van der Waals surface area contributed by atoms with Crippen LogP contribution in [0.4, 0.5) is 5.69 Å². The average Bonchev–Trinajstić information content (AvgIpc) is 2.76. The number of hydrogen-bond donors (Lipinski definition) is 2. The molecule has 0 aromatic heterocycles. The molecule has 0 aliphatic rings. The first kappa shape index (κ1) is 20.6. The number of hydrazine groups is 1. The molecular formula is C21H19N3O6. The van der Waals surface area contributed by atoms with E-state index in [-0.39, 0.29) is 17.0 Å². The van der Waals surface area contributed by atoms with Crippen LogP contribution in [-0.4, -0.2) is 30.0 Å². The molecule has 0 heterocycles. The first-order chi connectivity index (χ1) is 14.4. The van der Waals surface area contributed by atoms with Gasteiger partial charge in [-0.25, -0.2) is 0 Å². The Morgan fingerprint density at radius 2 is 1.73 bits per heavy atom. The molecule has 3 aromatic rings. The third-order valence-corrected chi connectivity index (χ3v) is 4.34. The maximum Gasteiger partial charge on any atom is 0.311 e. The van der Waals surface area contributed by atoms with Crippen molar-refractivity contribution in [3.8, 4) is 11.5 Å². The second kappa shape index (κ2) is 8.91. The predicted octanol–water partition coefficient (Wildman–Crippen LogP) is 2.99. The zero-order valence-electron chi connectivity index (χ0n) is 16.2. The summed E-state index contributed by atoms with van der Waals surface area (Å²) in [6, 6.07) is 16.9. The summed E-state index contributed by atoms with van der Waals surface area (Å²) < 4.78 is 10.5. The van der Waals surface area contributed by atoms with E-state index in [1.807, 2.05) is 36.4 Å². The van der Waals surface area contributed by atoms with E-state index >= 15 is 0 Å². The van der Waals surface area contributed by atoms with Gasteiger partial charge >= 0.3 is 5.69 Å². The minimum Gasteiger partial charge on any atom is -0.490 e. The molecular weight excluding hydrogens is 390 g/mol. The molecule has 0 aliphatic carbocycles. The van der Waals surface area contributed by atoms with Crippen molar-refractivity contribution in [2.24, 2.45) is 0 Å². The molecule has 9 heteroatoms. The number of benzene rings is 3. The van der Waals surface area contributed by atoms with Crippen molar-refractivity contribution in [3.63, 3.8) is 0 Å². The van der Waals surface area contributed by atoms with Gasteiger partial charge in [0.15, 0.2) is 11.9 Å². The second-order valence-electron chi connectivity index (χ2n) is 6.36. The minimum atomic E-state index is -0.892. The fraction of sp³-hybridized carbons (Fsp3) is 0.143. The van der Waals surface area contributed by atoms with Crippen LogP contribution in [0.2, 0.25) is 0 Å². The fourth-order valence-electron chi connectivity index (χ4n) is 2.76. The van der Waals surface area contributed by atoms with Gasteiger partial charge in [-0.3, -0.25) is 30.6 Å². The third-order valence-electron chi connectivity index (χ3n) is 4.34. The summed E-state index contributed by atoms with van der Waals surface area (Å²) in [6.07, 6.45) is -0.892. The number of ether oxygens (including phenoxy) is 2. The van der Waals surface area contributed by atoms with Crippen molar-refractivity contribution in [2.45, 2.75) is 13.0 Å². The average molecular weight is 409 g/mol. The Morgan fingerprint density at radius 1 is 1.00 bits per heavy atom. The van der Waals surface area contributed by atoms with Crippen LogP contribution in [0.1, 0.15) is 17.3 Å². The fourth-order valence-corrected chi connectivity index (χ4v) is 2.76. The number of amides is 2. The van der Waals surface area contributed by atoms with Crippen LogP contribution in [0, 0.1) is 10.1 Å². The van der Waals surface area contributed by atoms with Crippen LogP contribution in [-0.2, 0) is 4.79 Å². The van der Waals surface area contributed by atoms with E-state index in [1.165, 1.54) is 26.2 Å². The van der Waals surface area contributed by atoms with Gasteiger partial charge < -0.3 is 9.47 Å². The molecule has 154 valence electrons. The van der Waals surface area contributed by atoms with Gasteiger partial charge in [-0.15, -0.1) is 0 Å². The van der Waals surface area contributed by atoms with Crippen molar-refractivity contribution in [1.29, 1.82) is 0 Å². The number of methoxy groups -OCH3 is 1. The van der Waals surface area contributed by atoms with Crippen LogP contribution >= 0.6 is 0 Å². The molecule has 1 atom stereocenters. The zero-order valence-corrected chi connectivity index (χ0v) is 16.2. The highest BCUT2D eigenvalue weighted by atomic mass is 16.6. The van der Waals surface area contributed by atoms with Gasteiger partial charge in [0, 0.05) is 11.6 Å². The summed E-state index contributed by atoms with van der Waals surface area (Å²) in [6.45, 7) is 1.54. The van der Waals surface area contributed by atoms with Crippen molar-refractivity contribution >= 4 is 28.3 Å². The number of nitrogens with one attached hydrogen (secondary N) is 2. The number of fused-ring (bicyclic) bond motifs is 1. The van der Waals surface area contributed by atoms with Crippen molar-refractivity contribution in [3.05, 3.63) is 76.3 Å². The number of nitro groups is 1. The normalized spacial score (nSPS) is 11.4. The molecule has 0 fully saturated rings. The van der Waals surface area contributed by atoms with Gasteiger partial charge in [0.1, 0.15) is 5.75 Å². The number of carbonyl (C=O) groups excluding carboxylic acids is 2. The maximum atomic E-state index is 12.2. The van der Waals surface area contributed by atoms with E-state index in [0.717, 1.165) is 16.8 Å². The van der Waals surface area contributed by atoms with Gasteiger partial charge in [0.05, 0.1) is 12.0 Å². The Morgan fingerprint density at radius 3 is 2.43 bits per heavy atom. The largest absolute Gasteiger partial charge is 0.490 e. The Balaban J connectivity index is 1.60. The number of nitrogens with zero attached hydrogens (tertiary/aromatic N) is 1. The zero-order chi connectivity index (χ0) is 21.7. The summed E-state index contributed by atoms with van der Waals surface area (Å²) in [5.74, 6) is -0.766. The monoisotopic (exact) mass is 409 g/mol. The lowest BCUT2D eigenvalue weighted by atomic mass is 10.1. The Bertz CT molecular complexity index is 1110. The van der Waals surface area contributed by atoms with Gasteiger partial charge in [-0.2, -0.15) is 0 Å². The van der Waals surface area contributed by atoms with Crippen LogP contribution in [0.3, 0.4) is 0 Å². The van der Waals surface area contributed by atoms with E-state index in [0.29, 0.717) is 5.75 Å². The van der Waals surface area contributed by atoms with Crippen LogP contribution < -0.4 is 20.3 Å². The second-order valence-corrected chi connectivity index (χ2v) is 6.36. The number of nitro benzene ring substituents is 1. The van der Waals surface area contributed by atoms with E-state index in [9.17, 15) is 19.7 Å². The highest BCUT2D eigenvalue weighted by Gasteiger charge is 2.20. The van der Waals surface area contributed by atoms with Crippen molar-refractivity contribution < 1.29 is 24.0 Å². The first-order valence-electron chi connectivity index (χ1n) is 8.97. The molecule has 3 rings (SSSR count). The lowest BCUT2D eigenvalue weighted by molar-refractivity contribution is -0.385. The summed E-state index contributed by atoms with van der Waals surface area (Å²) in [7, 11) is 1.29. The predicted molar refractivity (Wildman–Crippen MR) is 109 cm³/mol. The lowest BCUT2D eigenvalue weighted by Crippen LogP contribution is -2.47. The number of rotatable bonds is 6. The van der Waals surface area contributed by atoms with E-state index in [1.54, 1.807) is 6.07 Å². The van der Waals surface area contributed by atoms with E-state index in [4.69, 9.17) is 9.47 Å². The number of hydrogen-bond acceptors (Lipinski definition) is 6. The maximum absolute atomic E-state index is 12.2. The van der Waals surface area contributed by atoms with Crippen LogP contribution in [0.25, 0.3) is 10.8 Å². The molecule has 0 bridgehead atoms. The SMILES string of the molecule is COc1ccc(C(=O)NNC(=O)[C@H](C)Oc2ccc3ccccc3c2)cc1[N+](=O)[O-]. The Hall–Kier alpha value is -4.14. The molecule has 0 radical (unpaired) electrons. The van der Waals surface area contributed by atoms with Gasteiger partial charge in [-0.1, -0.05) is 30.3 Å². The molecule has 0 saturated heterocycles. The summed E-state index contributed by atoms with van der Waals surface area (Å²) in [5, 5.41) is 13.1. The molecule has 9 nitrogen and oxygen atoms in total. The molecule has 30 heavy (non-hydrogen) atoms. The smallest absolute Gasteiger partial charge is 0.311 e. The number of carbonyl (C=O) groups is 2. The Kier molecular flexibility index (Phi) is 6.11. The van der Waals surface area contributed by atoms with Crippen molar-refractivity contribution in [2.75, 3.05) is 7.11 Å². The molecule has 2 N–H and O–H groups in total. The summed E-state index contributed by atoms with van der Waals surface area (Å²) in [5.41, 5.74) is 4.10. The quantitative estimate of drug-likeness (QED) is 0.477. The molecule has 0 spiro atoms. The van der Waals surface area contributed by atoms with Crippen molar-refractivity contribution in [1.82, 2.24) is 10.9 Å². The highest BCUT2D eigenvalue weighted by Crippen LogP contribution is 2.27. The molecule has 0 aliphatic heterocycles. The molecule has 0 saturated carbocycles. The molecule has 3 aromatic carbocycles. The summed E-state index contributed by atoms with van der Waals surface area (Å²) in [4.78, 5) is 34.9. The lowest BCUT2D eigenvalue weighted by Gasteiger charge is -2.15. The van der Waals surface area contributed by atoms with E-state index in [2.05, 4.69) is 10.9 Å². The first-order valence-corrected chi connectivity index (χ1v) is 8.97. The Labute approximate surface area is 171 Å². The van der Waals surface area contributed by atoms with Crippen LogP contribution in [0.15, 0.2) is 60.7 Å². The van der Waals surface area contributed by atoms with E-state index < -0.39 is 22.8 Å². The van der Waals surface area contributed by atoms with Gasteiger partial charge in [0.2, 0.25) is 0 Å². The third kappa shape index (κ3) is 4.64. The van der Waals surface area contributed by atoms with Gasteiger partial charge in [-0.05, 0) is 42.0 Å².